The van der Waals surface area contributed by atoms with Crippen LogP contribution in [0.1, 0.15) is 37.7 Å². The van der Waals surface area contributed by atoms with Gasteiger partial charge in [-0.25, -0.2) is 8.78 Å². The highest BCUT2D eigenvalue weighted by molar-refractivity contribution is 7.80. The highest BCUT2D eigenvalue weighted by Crippen LogP contribution is 2.25. The van der Waals surface area contributed by atoms with Crippen molar-refractivity contribution >= 4 is 22.9 Å². The summed E-state index contributed by atoms with van der Waals surface area (Å²) in [6.45, 7) is 0.683. The Morgan fingerprint density at radius 1 is 1.21 bits per heavy atom. The molecule has 3 N–H and O–H groups in total. The number of hydrogen-bond donors (Lipinski definition) is 2. The van der Waals surface area contributed by atoms with Gasteiger partial charge in [0, 0.05) is 12.1 Å². The van der Waals surface area contributed by atoms with Gasteiger partial charge in [-0.05, 0) is 30.9 Å². The third-order valence-corrected chi connectivity index (χ3v) is 3.87. The zero-order valence-electron chi connectivity index (χ0n) is 10.7. The molecule has 1 aliphatic carbocycles. The average molecular weight is 284 g/mol. The van der Waals surface area contributed by atoms with Gasteiger partial charge < -0.3 is 11.1 Å². The van der Waals surface area contributed by atoms with Crippen molar-refractivity contribution in [3.05, 3.63) is 29.3 Å². The number of benzene rings is 1. The number of hydrogen-bond acceptors (Lipinski definition) is 2. The van der Waals surface area contributed by atoms with Gasteiger partial charge in [-0.3, -0.25) is 0 Å². The minimum absolute atomic E-state index is 0.0456. The zero-order chi connectivity index (χ0) is 13.8. The molecule has 1 aliphatic rings. The second kappa shape index (κ2) is 6.28. The van der Waals surface area contributed by atoms with Gasteiger partial charge in [-0.2, -0.15) is 0 Å². The van der Waals surface area contributed by atoms with Crippen molar-refractivity contribution in [2.24, 2.45) is 11.7 Å². The SMILES string of the molecule is NC(=S)c1ccc(NCC2CCCCC2)c(F)c1F. The molecule has 0 heterocycles. The maximum Gasteiger partial charge on any atom is 0.182 e. The number of rotatable bonds is 4. The first-order valence-electron chi connectivity index (χ1n) is 6.61. The quantitative estimate of drug-likeness (QED) is 0.830. The Balaban J connectivity index is 2.04. The van der Waals surface area contributed by atoms with E-state index >= 15 is 0 Å². The first-order chi connectivity index (χ1) is 9.09. The smallest absolute Gasteiger partial charge is 0.182 e. The van der Waals surface area contributed by atoms with Gasteiger partial charge in [0.05, 0.1) is 5.69 Å². The van der Waals surface area contributed by atoms with Crippen molar-refractivity contribution in [3.63, 3.8) is 0 Å². The maximum atomic E-state index is 13.8. The Labute approximate surface area is 117 Å². The molecule has 2 rings (SSSR count). The fourth-order valence-corrected chi connectivity index (χ4v) is 2.68. The van der Waals surface area contributed by atoms with Crippen LogP contribution in [0.2, 0.25) is 0 Å². The number of anilines is 1. The van der Waals surface area contributed by atoms with E-state index in [1.54, 1.807) is 0 Å². The molecule has 19 heavy (non-hydrogen) atoms. The molecule has 0 saturated heterocycles. The highest BCUT2D eigenvalue weighted by atomic mass is 32.1. The van der Waals surface area contributed by atoms with Crippen molar-refractivity contribution in [3.8, 4) is 0 Å². The summed E-state index contributed by atoms with van der Waals surface area (Å²) in [6, 6.07) is 2.92. The molecule has 0 aromatic heterocycles. The predicted octanol–water partition coefficient (Wildman–Crippen LogP) is 3.59. The lowest BCUT2D eigenvalue weighted by molar-refractivity contribution is 0.373. The molecule has 0 spiro atoms. The molecular formula is C14H18F2N2S. The molecule has 0 amide bonds. The average Bonchev–Trinajstić information content (AvgIpc) is 2.41. The van der Waals surface area contributed by atoms with E-state index in [2.05, 4.69) is 17.5 Å². The first-order valence-corrected chi connectivity index (χ1v) is 7.02. The van der Waals surface area contributed by atoms with E-state index in [0.717, 1.165) is 12.8 Å². The van der Waals surface area contributed by atoms with Crippen LogP contribution in [-0.2, 0) is 0 Å². The van der Waals surface area contributed by atoms with Gasteiger partial charge in [0.15, 0.2) is 11.6 Å². The minimum atomic E-state index is -0.971. The van der Waals surface area contributed by atoms with Crippen LogP contribution in [0.4, 0.5) is 14.5 Å². The van der Waals surface area contributed by atoms with E-state index in [9.17, 15) is 8.78 Å². The van der Waals surface area contributed by atoms with Crippen molar-refractivity contribution in [2.75, 3.05) is 11.9 Å². The van der Waals surface area contributed by atoms with Gasteiger partial charge in [-0.1, -0.05) is 31.5 Å². The summed E-state index contributed by atoms with van der Waals surface area (Å²) in [5.74, 6) is -1.33. The Kier molecular flexibility index (Phi) is 4.69. The Bertz CT molecular complexity index is 471. The van der Waals surface area contributed by atoms with Crippen LogP contribution in [0, 0.1) is 17.6 Å². The van der Waals surface area contributed by atoms with Crippen molar-refractivity contribution in [2.45, 2.75) is 32.1 Å². The van der Waals surface area contributed by atoms with Gasteiger partial charge in [-0.15, -0.1) is 0 Å². The fourth-order valence-electron chi connectivity index (χ4n) is 2.52. The van der Waals surface area contributed by atoms with Gasteiger partial charge in [0.1, 0.15) is 4.99 Å². The largest absolute Gasteiger partial charge is 0.389 e. The Hall–Kier alpha value is -1.23. The lowest BCUT2D eigenvalue weighted by atomic mass is 9.89. The van der Waals surface area contributed by atoms with Crippen LogP contribution in [0.25, 0.3) is 0 Å². The topological polar surface area (TPSA) is 38.0 Å². The third kappa shape index (κ3) is 3.41. The number of thiocarbonyl (C=S) groups is 1. The number of halogens is 2. The predicted molar refractivity (Wildman–Crippen MR) is 77.3 cm³/mol. The Morgan fingerprint density at radius 2 is 1.89 bits per heavy atom. The molecule has 5 heteroatoms. The zero-order valence-corrected chi connectivity index (χ0v) is 11.5. The number of nitrogens with two attached hydrogens (primary N) is 1. The molecule has 0 bridgehead atoms. The lowest BCUT2D eigenvalue weighted by Crippen LogP contribution is -2.19. The molecule has 0 radical (unpaired) electrons. The molecule has 104 valence electrons. The van der Waals surface area contributed by atoms with Crippen molar-refractivity contribution in [1.82, 2.24) is 0 Å². The van der Waals surface area contributed by atoms with Crippen molar-refractivity contribution < 1.29 is 8.78 Å². The highest BCUT2D eigenvalue weighted by Gasteiger charge is 2.17. The molecule has 1 fully saturated rings. The monoisotopic (exact) mass is 284 g/mol. The van der Waals surface area contributed by atoms with Crippen molar-refractivity contribution in [1.29, 1.82) is 0 Å². The third-order valence-electron chi connectivity index (χ3n) is 3.65. The second-order valence-electron chi connectivity index (χ2n) is 5.04. The van der Waals surface area contributed by atoms with E-state index in [1.165, 1.54) is 31.4 Å². The molecule has 0 unspecified atom stereocenters. The number of nitrogens with one attached hydrogen (secondary N) is 1. The summed E-state index contributed by atoms with van der Waals surface area (Å²) < 4.78 is 27.5. The van der Waals surface area contributed by atoms with Gasteiger partial charge >= 0.3 is 0 Å². The van der Waals surface area contributed by atoms with E-state index in [1.807, 2.05) is 0 Å². The molecule has 0 aliphatic heterocycles. The van der Waals surface area contributed by atoms with Crippen LogP contribution in [0.5, 0.6) is 0 Å². The first kappa shape index (κ1) is 14.2. The normalized spacial score (nSPS) is 16.3. The van der Waals surface area contributed by atoms with E-state index < -0.39 is 11.6 Å². The summed E-state index contributed by atoms with van der Waals surface area (Å²) in [4.78, 5) is -0.129. The molecule has 1 saturated carbocycles. The molecular weight excluding hydrogens is 266 g/mol. The van der Waals surface area contributed by atoms with E-state index in [4.69, 9.17) is 5.73 Å². The Morgan fingerprint density at radius 3 is 2.53 bits per heavy atom. The maximum absolute atomic E-state index is 13.8. The van der Waals surface area contributed by atoms with E-state index in [0.29, 0.717) is 12.5 Å². The molecule has 0 atom stereocenters. The minimum Gasteiger partial charge on any atom is -0.389 e. The standard InChI is InChI=1S/C14H18F2N2S/c15-12-10(14(17)19)6-7-11(13(12)16)18-8-9-4-2-1-3-5-9/h6-7,9,18H,1-5,8H2,(H2,17,19). The van der Waals surface area contributed by atoms with Crippen LogP contribution < -0.4 is 11.1 Å². The summed E-state index contributed by atoms with van der Waals surface area (Å²) in [6.07, 6.45) is 6.04. The summed E-state index contributed by atoms with van der Waals surface area (Å²) in [5, 5.41) is 2.99. The van der Waals surface area contributed by atoms with Gasteiger partial charge in [0.25, 0.3) is 0 Å². The fraction of sp³-hybridized carbons (Fsp3) is 0.500. The molecule has 2 nitrogen and oxygen atoms in total. The summed E-state index contributed by atoms with van der Waals surface area (Å²) >= 11 is 4.67. The lowest BCUT2D eigenvalue weighted by Gasteiger charge is -2.22. The van der Waals surface area contributed by atoms with Crippen LogP contribution >= 0.6 is 12.2 Å². The van der Waals surface area contributed by atoms with E-state index in [-0.39, 0.29) is 16.2 Å². The second-order valence-corrected chi connectivity index (χ2v) is 5.48. The summed E-state index contributed by atoms with van der Waals surface area (Å²) in [5.41, 5.74) is 5.47. The van der Waals surface area contributed by atoms with Crippen LogP contribution in [-0.4, -0.2) is 11.5 Å². The van der Waals surface area contributed by atoms with Crippen LogP contribution in [0.15, 0.2) is 12.1 Å². The summed E-state index contributed by atoms with van der Waals surface area (Å²) in [7, 11) is 0. The van der Waals surface area contributed by atoms with Gasteiger partial charge in [0.2, 0.25) is 0 Å². The molecule has 1 aromatic rings. The molecule has 1 aromatic carbocycles. The van der Waals surface area contributed by atoms with Crippen LogP contribution in [0.3, 0.4) is 0 Å².